The van der Waals surface area contributed by atoms with Crippen molar-refractivity contribution in [2.24, 2.45) is 0 Å². The monoisotopic (exact) mass is 508 g/mol. The van der Waals surface area contributed by atoms with Crippen molar-refractivity contribution in [1.29, 1.82) is 0 Å². The van der Waals surface area contributed by atoms with E-state index in [0.717, 1.165) is 12.1 Å². The molecule has 4 aromatic rings. The smallest absolute Gasteiger partial charge is 0.416 e. The first-order chi connectivity index (χ1) is 16.8. The maximum Gasteiger partial charge on any atom is 0.416 e. The highest BCUT2D eigenvalue weighted by molar-refractivity contribution is 6.13. The third-order valence-corrected chi connectivity index (χ3v) is 5.33. The van der Waals surface area contributed by atoms with E-state index in [2.05, 4.69) is 4.98 Å². The van der Waals surface area contributed by atoms with Crippen LogP contribution in [0.2, 0.25) is 0 Å². The summed E-state index contributed by atoms with van der Waals surface area (Å²) in [6, 6.07) is 7.81. The van der Waals surface area contributed by atoms with Gasteiger partial charge in [-0.3, -0.25) is 9.59 Å². The molecule has 0 amide bonds. The maximum absolute atomic E-state index is 13.0. The molecule has 2 aromatic heterocycles. The van der Waals surface area contributed by atoms with Gasteiger partial charge >= 0.3 is 12.4 Å². The van der Waals surface area contributed by atoms with Gasteiger partial charge in [0.1, 0.15) is 17.2 Å². The Hall–Kier alpha value is -4.48. The zero-order valence-corrected chi connectivity index (χ0v) is 17.8. The molecule has 4 rings (SSSR count). The Morgan fingerprint density at radius 2 is 1.28 bits per heavy atom. The summed E-state index contributed by atoms with van der Waals surface area (Å²) in [4.78, 5) is 28.7. The van der Waals surface area contributed by atoms with E-state index < -0.39 is 57.7 Å². The number of aromatic nitrogens is 2. The number of nitrogens with one attached hydrogen (secondary N) is 1. The van der Waals surface area contributed by atoms with E-state index in [0.29, 0.717) is 24.3 Å². The van der Waals surface area contributed by atoms with Crippen LogP contribution in [-0.2, 0) is 12.4 Å². The Morgan fingerprint density at radius 3 is 1.78 bits per heavy atom. The van der Waals surface area contributed by atoms with Crippen molar-refractivity contribution in [3.05, 3.63) is 101 Å². The number of carbonyl (C=O) groups excluding carboxylic acids is 2. The summed E-state index contributed by atoms with van der Waals surface area (Å²) in [5.41, 5.74) is -3.42. The lowest BCUT2D eigenvalue weighted by atomic mass is 10.0. The van der Waals surface area contributed by atoms with E-state index >= 15 is 0 Å². The van der Waals surface area contributed by atoms with Crippen LogP contribution in [0.1, 0.15) is 43.2 Å². The number of nitrogens with zero attached hydrogens (tertiary/aromatic N) is 1. The zero-order valence-electron chi connectivity index (χ0n) is 17.8. The molecule has 2 heterocycles. The molecule has 0 aliphatic rings. The molecule has 36 heavy (non-hydrogen) atoms. The molecule has 0 aliphatic heterocycles. The van der Waals surface area contributed by atoms with Crippen LogP contribution in [0, 0.1) is 0 Å². The molecule has 6 nitrogen and oxygen atoms in total. The number of phenols is 2. The summed E-state index contributed by atoms with van der Waals surface area (Å²) in [5.74, 6) is -3.55. The van der Waals surface area contributed by atoms with E-state index in [1.807, 2.05) is 0 Å². The third-order valence-electron chi connectivity index (χ3n) is 5.33. The Kier molecular flexibility index (Phi) is 5.91. The van der Waals surface area contributed by atoms with Crippen LogP contribution < -0.4 is 0 Å². The number of ketones is 2. The Morgan fingerprint density at radius 1 is 0.750 bits per heavy atom. The van der Waals surface area contributed by atoms with Gasteiger partial charge in [-0.15, -0.1) is 0 Å². The summed E-state index contributed by atoms with van der Waals surface area (Å²) >= 11 is 0. The van der Waals surface area contributed by atoms with Gasteiger partial charge in [0.15, 0.2) is 0 Å². The van der Waals surface area contributed by atoms with Crippen LogP contribution in [0.25, 0.3) is 5.69 Å². The molecule has 0 atom stereocenters. The predicted octanol–water partition coefficient (Wildman–Crippen LogP) is 5.72. The average molecular weight is 508 g/mol. The lowest BCUT2D eigenvalue weighted by molar-refractivity contribution is -0.138. The number of carbonyl (C=O) groups is 2. The number of benzene rings is 2. The van der Waals surface area contributed by atoms with E-state index in [9.17, 15) is 46.1 Å². The Bertz CT molecular complexity index is 1370. The largest absolute Gasteiger partial charge is 0.507 e. The van der Waals surface area contributed by atoms with Crippen molar-refractivity contribution in [2.75, 3.05) is 0 Å². The summed E-state index contributed by atoms with van der Waals surface area (Å²) in [7, 11) is 0. The number of aromatic amines is 1. The fourth-order valence-corrected chi connectivity index (χ4v) is 3.59. The highest BCUT2D eigenvalue weighted by Crippen LogP contribution is 2.35. The minimum absolute atomic E-state index is 0.0686. The van der Waals surface area contributed by atoms with Gasteiger partial charge in [0.25, 0.3) is 0 Å². The number of rotatable bonds is 5. The molecule has 0 saturated carbocycles. The Labute approximate surface area is 198 Å². The maximum atomic E-state index is 13.0. The van der Waals surface area contributed by atoms with Gasteiger partial charge in [-0.2, -0.15) is 26.3 Å². The van der Waals surface area contributed by atoms with Crippen LogP contribution in [0.15, 0.2) is 67.0 Å². The first kappa shape index (κ1) is 24.6. The van der Waals surface area contributed by atoms with Crippen LogP contribution in [0.3, 0.4) is 0 Å². The van der Waals surface area contributed by atoms with E-state index in [1.165, 1.54) is 35.2 Å². The fraction of sp³-hybridized carbons (Fsp3) is 0.0833. The van der Waals surface area contributed by atoms with Crippen LogP contribution >= 0.6 is 0 Å². The number of halogens is 6. The number of hydrogen-bond donors (Lipinski definition) is 3. The quantitative estimate of drug-likeness (QED) is 0.238. The summed E-state index contributed by atoms with van der Waals surface area (Å²) < 4.78 is 78.5. The van der Waals surface area contributed by atoms with E-state index in [1.54, 1.807) is 0 Å². The molecule has 3 N–H and O–H groups in total. The van der Waals surface area contributed by atoms with Crippen molar-refractivity contribution < 1.29 is 46.1 Å². The predicted molar refractivity (Wildman–Crippen MR) is 113 cm³/mol. The summed E-state index contributed by atoms with van der Waals surface area (Å²) in [5, 5.41) is 20.1. The number of phenolic OH excluding ortho intramolecular Hbond substituents is 2. The molecule has 0 fully saturated rings. The number of hydrogen-bond acceptors (Lipinski definition) is 4. The molecule has 186 valence electrons. The molecule has 12 heteroatoms. The Balaban J connectivity index is 1.71. The van der Waals surface area contributed by atoms with Gasteiger partial charge in [-0.25, -0.2) is 0 Å². The number of alkyl halides is 6. The topological polar surface area (TPSA) is 95.3 Å². The van der Waals surface area contributed by atoms with Crippen molar-refractivity contribution >= 4 is 11.6 Å². The molecule has 0 bridgehead atoms. The molecular formula is C24H14F6N2O4. The summed E-state index contributed by atoms with van der Waals surface area (Å²) in [6.45, 7) is 0. The number of aromatic hydroxyl groups is 2. The lowest BCUT2D eigenvalue weighted by Crippen LogP contribution is -2.13. The highest BCUT2D eigenvalue weighted by atomic mass is 19.4. The first-order valence-corrected chi connectivity index (χ1v) is 10.0. The molecule has 0 unspecified atom stereocenters. The SMILES string of the molecule is O=C(c1ccc(C(F)(F)F)cc1O)c1[nH]ccc1-n1cccc1C(=O)c1ccc(C(F)(F)F)cc1O. The molecule has 0 radical (unpaired) electrons. The molecule has 0 aliphatic carbocycles. The van der Waals surface area contributed by atoms with Gasteiger partial charge in [0, 0.05) is 12.4 Å². The fourth-order valence-electron chi connectivity index (χ4n) is 3.59. The normalized spacial score (nSPS) is 12.1. The zero-order chi connectivity index (χ0) is 26.4. The van der Waals surface area contributed by atoms with Crippen molar-refractivity contribution in [2.45, 2.75) is 12.4 Å². The van der Waals surface area contributed by atoms with Gasteiger partial charge in [-0.1, -0.05) is 0 Å². The minimum atomic E-state index is -4.74. The van der Waals surface area contributed by atoms with Gasteiger partial charge < -0.3 is 19.8 Å². The van der Waals surface area contributed by atoms with Crippen LogP contribution in [-0.4, -0.2) is 31.3 Å². The number of H-pyrrole nitrogens is 1. The lowest BCUT2D eigenvalue weighted by Gasteiger charge is -2.13. The molecule has 0 spiro atoms. The molecule has 2 aromatic carbocycles. The van der Waals surface area contributed by atoms with Crippen LogP contribution in [0.4, 0.5) is 26.3 Å². The van der Waals surface area contributed by atoms with E-state index in [-0.39, 0.29) is 17.1 Å². The van der Waals surface area contributed by atoms with Crippen LogP contribution in [0.5, 0.6) is 11.5 Å². The molecule has 0 saturated heterocycles. The minimum Gasteiger partial charge on any atom is -0.507 e. The summed E-state index contributed by atoms with van der Waals surface area (Å²) in [6.07, 6.45) is -6.79. The second-order valence-electron chi connectivity index (χ2n) is 7.62. The third kappa shape index (κ3) is 4.44. The second-order valence-corrected chi connectivity index (χ2v) is 7.62. The van der Waals surface area contributed by atoms with Crippen molar-refractivity contribution in [3.8, 4) is 17.2 Å². The molecular weight excluding hydrogens is 494 g/mol. The second kappa shape index (κ2) is 8.63. The van der Waals surface area contributed by atoms with Gasteiger partial charge in [0.05, 0.1) is 33.6 Å². The van der Waals surface area contributed by atoms with Gasteiger partial charge in [0.2, 0.25) is 11.6 Å². The van der Waals surface area contributed by atoms with E-state index in [4.69, 9.17) is 0 Å². The standard InChI is InChI=1S/C24H14F6N2O4/c25-23(26,27)12-3-5-14(18(33)10-12)21(35)17-2-1-9-32(17)16-7-8-31-20(16)22(36)15-6-4-13(11-19(15)34)24(28,29)30/h1-11,31,33-34H. The highest BCUT2D eigenvalue weighted by Gasteiger charge is 2.33. The van der Waals surface area contributed by atoms with Crippen molar-refractivity contribution in [1.82, 2.24) is 9.55 Å². The first-order valence-electron chi connectivity index (χ1n) is 10.0. The van der Waals surface area contributed by atoms with Crippen molar-refractivity contribution in [3.63, 3.8) is 0 Å². The average Bonchev–Trinajstić information content (AvgIpc) is 3.46. The van der Waals surface area contributed by atoms with Gasteiger partial charge in [-0.05, 0) is 54.6 Å².